The molecule has 0 amide bonds. The minimum Gasteiger partial charge on any atom is -0.298 e. The number of rotatable bonds is 2. The molecule has 90 valence electrons. The van der Waals surface area contributed by atoms with Gasteiger partial charge in [0.2, 0.25) is 0 Å². The van der Waals surface area contributed by atoms with E-state index in [1.807, 2.05) is 32.3 Å². The molecule has 0 unspecified atom stereocenters. The van der Waals surface area contributed by atoms with Gasteiger partial charge >= 0.3 is 0 Å². The number of hydrogen-bond donors (Lipinski definition) is 0. The molecular formula is C13H12N4O. The van der Waals surface area contributed by atoms with Crippen LogP contribution in [-0.2, 0) is 7.05 Å². The van der Waals surface area contributed by atoms with Crippen LogP contribution in [0.15, 0.2) is 30.6 Å². The van der Waals surface area contributed by atoms with Crippen molar-refractivity contribution in [2.75, 3.05) is 0 Å². The smallest absolute Gasteiger partial charge is 0.152 e. The molecule has 3 aromatic heterocycles. The molecular weight excluding hydrogens is 228 g/mol. The Morgan fingerprint density at radius 2 is 2.22 bits per heavy atom. The average Bonchev–Trinajstić information content (AvgIpc) is 2.94. The molecule has 18 heavy (non-hydrogen) atoms. The minimum absolute atomic E-state index is 0.637. The number of nitrogens with zero attached hydrogens (tertiary/aromatic N) is 4. The summed E-state index contributed by atoms with van der Waals surface area (Å²) in [5.41, 5.74) is 4.31. The van der Waals surface area contributed by atoms with Crippen LogP contribution in [0.2, 0.25) is 0 Å². The highest BCUT2D eigenvalue weighted by molar-refractivity contribution is 5.87. The van der Waals surface area contributed by atoms with Crippen LogP contribution in [0.4, 0.5) is 0 Å². The van der Waals surface area contributed by atoms with Crippen molar-refractivity contribution in [1.82, 2.24) is 19.4 Å². The van der Waals surface area contributed by atoms with Crippen LogP contribution in [-0.4, -0.2) is 25.7 Å². The Kier molecular flexibility index (Phi) is 2.26. The molecule has 0 bridgehead atoms. The standard InChI is InChI=1S/C13H12N4O/c1-9-11(7-14-16(9)2)12-6-13-10(8-18)4-3-5-17(13)15-12/h3-8H,1-2H3. The summed E-state index contributed by atoms with van der Waals surface area (Å²) in [6.45, 7) is 1.99. The van der Waals surface area contributed by atoms with Crippen molar-refractivity contribution in [1.29, 1.82) is 0 Å². The van der Waals surface area contributed by atoms with Crippen molar-refractivity contribution in [2.24, 2.45) is 7.05 Å². The summed E-state index contributed by atoms with van der Waals surface area (Å²) < 4.78 is 3.52. The number of aldehydes is 1. The van der Waals surface area contributed by atoms with E-state index >= 15 is 0 Å². The van der Waals surface area contributed by atoms with Crippen LogP contribution >= 0.6 is 0 Å². The summed E-state index contributed by atoms with van der Waals surface area (Å²) in [6.07, 6.45) is 4.46. The number of carbonyl (C=O) groups is 1. The Labute approximate surface area is 104 Å². The summed E-state index contributed by atoms with van der Waals surface area (Å²) in [5.74, 6) is 0. The van der Waals surface area contributed by atoms with Crippen molar-refractivity contribution in [3.05, 3.63) is 41.9 Å². The maximum absolute atomic E-state index is 11.0. The predicted molar refractivity (Wildman–Crippen MR) is 67.5 cm³/mol. The highest BCUT2D eigenvalue weighted by atomic mass is 16.1. The van der Waals surface area contributed by atoms with Crippen LogP contribution < -0.4 is 0 Å². The quantitative estimate of drug-likeness (QED) is 0.642. The zero-order valence-corrected chi connectivity index (χ0v) is 10.2. The highest BCUT2D eigenvalue weighted by Crippen LogP contribution is 2.23. The highest BCUT2D eigenvalue weighted by Gasteiger charge is 2.11. The van der Waals surface area contributed by atoms with Gasteiger partial charge < -0.3 is 0 Å². The van der Waals surface area contributed by atoms with Gasteiger partial charge in [0.15, 0.2) is 6.29 Å². The average molecular weight is 240 g/mol. The number of fused-ring (bicyclic) bond motifs is 1. The van der Waals surface area contributed by atoms with Gasteiger partial charge in [-0.1, -0.05) is 0 Å². The molecule has 0 aliphatic rings. The van der Waals surface area contributed by atoms with Gasteiger partial charge in [-0.05, 0) is 25.1 Å². The second-order valence-corrected chi connectivity index (χ2v) is 4.21. The fourth-order valence-corrected chi connectivity index (χ4v) is 2.02. The Morgan fingerprint density at radius 1 is 1.39 bits per heavy atom. The van der Waals surface area contributed by atoms with Crippen molar-refractivity contribution in [3.63, 3.8) is 0 Å². The molecule has 5 heteroatoms. The van der Waals surface area contributed by atoms with E-state index in [4.69, 9.17) is 0 Å². The molecule has 0 N–H and O–H groups in total. The lowest BCUT2D eigenvalue weighted by Gasteiger charge is -1.95. The molecule has 5 nitrogen and oxygen atoms in total. The zero-order valence-electron chi connectivity index (χ0n) is 10.2. The number of hydrogen-bond acceptors (Lipinski definition) is 3. The minimum atomic E-state index is 0.637. The van der Waals surface area contributed by atoms with Gasteiger partial charge in [-0.15, -0.1) is 0 Å². The van der Waals surface area contributed by atoms with Crippen molar-refractivity contribution in [3.8, 4) is 11.3 Å². The first-order valence-electron chi connectivity index (χ1n) is 5.63. The molecule has 0 fully saturated rings. The van der Waals surface area contributed by atoms with Gasteiger partial charge in [0, 0.05) is 30.1 Å². The van der Waals surface area contributed by atoms with Crippen LogP contribution in [0.5, 0.6) is 0 Å². The Morgan fingerprint density at radius 3 is 2.89 bits per heavy atom. The fraction of sp³-hybridized carbons (Fsp3) is 0.154. The number of aromatic nitrogens is 4. The van der Waals surface area contributed by atoms with E-state index < -0.39 is 0 Å². The van der Waals surface area contributed by atoms with E-state index in [1.165, 1.54) is 0 Å². The molecule has 0 saturated heterocycles. The zero-order chi connectivity index (χ0) is 12.7. The molecule has 3 rings (SSSR count). The lowest BCUT2D eigenvalue weighted by atomic mass is 10.1. The van der Waals surface area contributed by atoms with Crippen molar-refractivity contribution < 1.29 is 4.79 Å². The third-order valence-electron chi connectivity index (χ3n) is 3.17. The van der Waals surface area contributed by atoms with Crippen LogP contribution in [0.3, 0.4) is 0 Å². The van der Waals surface area contributed by atoms with Gasteiger partial charge in [-0.2, -0.15) is 10.2 Å². The molecule has 3 aromatic rings. The Bertz CT molecular complexity index is 739. The van der Waals surface area contributed by atoms with Crippen molar-refractivity contribution >= 4 is 11.8 Å². The lowest BCUT2D eigenvalue weighted by Crippen LogP contribution is -1.93. The summed E-state index contributed by atoms with van der Waals surface area (Å²) in [6, 6.07) is 5.50. The van der Waals surface area contributed by atoms with Crippen LogP contribution in [0.1, 0.15) is 16.1 Å². The summed E-state index contributed by atoms with van der Waals surface area (Å²) >= 11 is 0. The second kappa shape index (κ2) is 3.80. The number of carbonyl (C=O) groups excluding carboxylic acids is 1. The molecule has 0 radical (unpaired) electrons. The topological polar surface area (TPSA) is 52.2 Å². The first kappa shape index (κ1) is 10.7. The summed E-state index contributed by atoms with van der Waals surface area (Å²) in [4.78, 5) is 11.0. The van der Waals surface area contributed by atoms with E-state index in [9.17, 15) is 4.79 Å². The summed E-state index contributed by atoms with van der Waals surface area (Å²) in [5, 5.41) is 8.67. The van der Waals surface area contributed by atoms with Gasteiger partial charge in [0.1, 0.15) is 0 Å². The largest absolute Gasteiger partial charge is 0.298 e. The predicted octanol–water partition coefficient (Wildman–Crippen LogP) is 1.86. The molecule has 0 saturated carbocycles. The lowest BCUT2D eigenvalue weighted by molar-refractivity contribution is 0.112. The van der Waals surface area contributed by atoms with Crippen LogP contribution in [0, 0.1) is 6.92 Å². The van der Waals surface area contributed by atoms with E-state index in [2.05, 4.69) is 10.2 Å². The third-order valence-corrected chi connectivity index (χ3v) is 3.17. The first-order valence-corrected chi connectivity index (χ1v) is 5.63. The molecule has 3 heterocycles. The monoisotopic (exact) mass is 240 g/mol. The molecule has 0 aliphatic carbocycles. The SMILES string of the molecule is Cc1c(-c2cc3c(C=O)cccn3n2)cnn1C. The van der Waals surface area contributed by atoms with E-state index in [-0.39, 0.29) is 0 Å². The summed E-state index contributed by atoms with van der Waals surface area (Å²) in [7, 11) is 1.89. The van der Waals surface area contributed by atoms with Crippen molar-refractivity contribution in [2.45, 2.75) is 6.92 Å². The second-order valence-electron chi connectivity index (χ2n) is 4.21. The maximum atomic E-state index is 11.0. The van der Waals surface area contributed by atoms with Gasteiger partial charge in [0.05, 0.1) is 17.4 Å². The molecule has 0 atom stereocenters. The van der Waals surface area contributed by atoms with Gasteiger partial charge in [-0.3, -0.25) is 9.48 Å². The Balaban J connectivity index is 2.25. The van der Waals surface area contributed by atoms with E-state index in [0.29, 0.717) is 5.56 Å². The molecule has 0 aliphatic heterocycles. The Hall–Kier alpha value is -2.43. The maximum Gasteiger partial charge on any atom is 0.152 e. The fourth-order valence-electron chi connectivity index (χ4n) is 2.02. The molecule has 0 aromatic carbocycles. The normalized spacial score (nSPS) is 11.0. The number of aryl methyl sites for hydroxylation is 1. The van der Waals surface area contributed by atoms with Crippen LogP contribution in [0.25, 0.3) is 16.8 Å². The van der Waals surface area contributed by atoms with E-state index in [1.54, 1.807) is 21.5 Å². The first-order chi connectivity index (χ1) is 8.70. The van der Waals surface area contributed by atoms with Gasteiger partial charge in [-0.25, -0.2) is 4.52 Å². The molecule has 0 spiro atoms. The van der Waals surface area contributed by atoms with E-state index in [0.717, 1.165) is 28.8 Å². The number of pyridine rings is 1. The third kappa shape index (κ3) is 1.44. The van der Waals surface area contributed by atoms with Gasteiger partial charge in [0.25, 0.3) is 0 Å².